The number of ether oxygens (including phenoxy) is 1. The van der Waals surface area contributed by atoms with Gasteiger partial charge in [-0.25, -0.2) is 4.98 Å². The number of allylic oxidation sites excluding steroid dienone is 4. The zero-order chi connectivity index (χ0) is 31.6. The second-order valence-electron chi connectivity index (χ2n) is 12.5. The van der Waals surface area contributed by atoms with Crippen molar-refractivity contribution >= 4 is 11.7 Å². The Labute approximate surface area is 260 Å². The Hall–Kier alpha value is -4.17. The van der Waals surface area contributed by atoms with Crippen LogP contribution in [0.5, 0.6) is 5.88 Å². The summed E-state index contributed by atoms with van der Waals surface area (Å²) in [6, 6.07) is 6.39. The Morgan fingerprint density at radius 2 is 2.00 bits per heavy atom. The highest BCUT2D eigenvalue weighted by atomic mass is 16.5. The molecule has 2 aromatic rings. The van der Waals surface area contributed by atoms with Gasteiger partial charge in [0.25, 0.3) is 0 Å². The molecule has 0 aromatic carbocycles. The number of anilines is 1. The maximum absolute atomic E-state index is 12.2. The van der Waals surface area contributed by atoms with Crippen molar-refractivity contribution in [1.29, 1.82) is 5.26 Å². The van der Waals surface area contributed by atoms with Gasteiger partial charge in [-0.15, -0.1) is 0 Å². The second-order valence-corrected chi connectivity index (χ2v) is 12.5. The molecule has 1 aliphatic carbocycles. The molecule has 3 aliphatic rings. The van der Waals surface area contributed by atoms with Crippen molar-refractivity contribution in [2.24, 2.45) is 5.73 Å². The summed E-state index contributed by atoms with van der Waals surface area (Å²) in [5, 5.41) is 14.5. The van der Waals surface area contributed by atoms with Gasteiger partial charge in [0.15, 0.2) is 0 Å². The summed E-state index contributed by atoms with van der Waals surface area (Å²) < 4.78 is 12.4. The van der Waals surface area contributed by atoms with Gasteiger partial charge in [0.1, 0.15) is 18.0 Å². The summed E-state index contributed by atoms with van der Waals surface area (Å²) >= 11 is 0. The monoisotopic (exact) mass is 600 g/mol. The number of nitriles is 1. The fraction of sp³-hybridized carbons (Fsp3) is 0.545. The van der Waals surface area contributed by atoms with E-state index in [1.54, 1.807) is 11.8 Å². The topological polar surface area (TPSA) is 138 Å². The van der Waals surface area contributed by atoms with Gasteiger partial charge in [0.05, 0.1) is 11.3 Å². The summed E-state index contributed by atoms with van der Waals surface area (Å²) in [5.41, 5.74) is 9.39. The Morgan fingerprint density at radius 3 is 2.64 bits per heavy atom. The molecule has 2 saturated heterocycles. The quantitative estimate of drug-likeness (QED) is 0.344. The maximum Gasteiger partial charge on any atom is 0.246 e. The van der Waals surface area contributed by atoms with Gasteiger partial charge >= 0.3 is 0 Å². The van der Waals surface area contributed by atoms with Crippen LogP contribution in [-0.2, 0) is 10.2 Å². The van der Waals surface area contributed by atoms with Crippen LogP contribution in [0, 0.1) is 11.3 Å². The number of nitrogens with zero attached hydrogens (tertiary/aromatic N) is 7. The molecule has 2 N–H and O–H groups in total. The first kappa shape index (κ1) is 31.3. The van der Waals surface area contributed by atoms with E-state index < -0.39 is 5.41 Å². The molecule has 0 radical (unpaired) electrons. The molecule has 1 amide bonds. The average Bonchev–Trinajstić information content (AvgIpc) is 3.68. The summed E-state index contributed by atoms with van der Waals surface area (Å²) in [6.07, 6.45) is 6.17. The van der Waals surface area contributed by atoms with Crippen molar-refractivity contribution < 1.29 is 14.1 Å². The van der Waals surface area contributed by atoms with Crippen molar-refractivity contribution in [3.05, 3.63) is 52.9 Å². The molecular formula is C33H44N8O3. The third-order valence-corrected chi connectivity index (χ3v) is 9.46. The van der Waals surface area contributed by atoms with E-state index in [1.807, 2.05) is 12.1 Å². The smallest absolute Gasteiger partial charge is 0.246 e. The predicted octanol–water partition coefficient (Wildman–Crippen LogP) is 4.34. The highest BCUT2D eigenvalue weighted by Crippen LogP contribution is 2.46. The van der Waals surface area contributed by atoms with Crippen LogP contribution in [0.15, 0.2) is 51.7 Å². The fourth-order valence-electron chi connectivity index (χ4n) is 6.98. The molecule has 44 heavy (non-hydrogen) atoms. The lowest BCUT2D eigenvalue weighted by molar-refractivity contribution is -0.126. The zero-order valence-electron chi connectivity index (χ0n) is 26.6. The van der Waals surface area contributed by atoms with Crippen molar-refractivity contribution in [2.75, 3.05) is 44.7 Å². The van der Waals surface area contributed by atoms with Crippen LogP contribution in [0.3, 0.4) is 0 Å². The number of aromatic nitrogens is 3. The number of likely N-dealkylation sites (tertiary alicyclic amines) is 1. The maximum atomic E-state index is 12.2. The Bertz CT molecular complexity index is 1510. The third kappa shape index (κ3) is 6.09. The van der Waals surface area contributed by atoms with Crippen molar-refractivity contribution in [3.63, 3.8) is 0 Å². The van der Waals surface area contributed by atoms with Gasteiger partial charge in [-0.3, -0.25) is 9.69 Å². The van der Waals surface area contributed by atoms with E-state index >= 15 is 0 Å². The van der Waals surface area contributed by atoms with Crippen molar-refractivity contribution in [3.8, 4) is 23.5 Å². The lowest BCUT2D eigenvalue weighted by atomic mass is 9.66. The van der Waals surface area contributed by atoms with Crippen molar-refractivity contribution in [1.82, 2.24) is 24.9 Å². The molecule has 0 spiro atoms. The first-order valence-corrected chi connectivity index (χ1v) is 15.5. The third-order valence-electron chi connectivity index (χ3n) is 9.46. The lowest BCUT2D eigenvalue weighted by Gasteiger charge is -2.36. The molecule has 0 saturated carbocycles. The minimum absolute atomic E-state index is 0.0696. The first-order valence-electron chi connectivity index (χ1n) is 15.5. The van der Waals surface area contributed by atoms with E-state index in [1.165, 1.54) is 6.08 Å². The summed E-state index contributed by atoms with van der Waals surface area (Å²) in [4.78, 5) is 28.1. The molecule has 11 heteroatoms. The van der Waals surface area contributed by atoms with E-state index in [4.69, 9.17) is 25.0 Å². The van der Waals surface area contributed by atoms with E-state index in [0.717, 1.165) is 49.8 Å². The normalized spacial score (nSPS) is 24.1. The lowest BCUT2D eigenvalue weighted by Crippen LogP contribution is -2.48. The zero-order valence-corrected chi connectivity index (χ0v) is 26.6. The van der Waals surface area contributed by atoms with Crippen LogP contribution in [0.4, 0.5) is 5.82 Å². The first-order chi connectivity index (χ1) is 21.0. The summed E-state index contributed by atoms with van der Waals surface area (Å²) in [5.74, 6) is 1.90. The highest BCUT2D eigenvalue weighted by Gasteiger charge is 2.40. The number of likely N-dealkylation sites (N-methyl/N-ethyl adjacent to an activating group) is 1. The molecular weight excluding hydrogens is 556 g/mol. The number of amides is 1. The number of rotatable bonds is 8. The van der Waals surface area contributed by atoms with Gasteiger partial charge in [-0.2, -0.15) is 10.2 Å². The molecule has 4 heterocycles. The van der Waals surface area contributed by atoms with E-state index in [2.05, 4.69) is 55.4 Å². The number of piperazine rings is 1. The summed E-state index contributed by atoms with van der Waals surface area (Å²) in [7, 11) is 2.13. The number of hydrogen-bond donors (Lipinski definition) is 1. The van der Waals surface area contributed by atoms with Gasteiger partial charge in [0.2, 0.25) is 23.4 Å². The molecule has 2 fully saturated rings. The van der Waals surface area contributed by atoms with E-state index in [-0.39, 0.29) is 12.0 Å². The average molecular weight is 601 g/mol. The van der Waals surface area contributed by atoms with Crippen LogP contribution < -0.4 is 15.4 Å². The van der Waals surface area contributed by atoms with Crippen LogP contribution in [-0.4, -0.2) is 82.7 Å². The minimum atomic E-state index is -0.553. The molecule has 1 unspecified atom stereocenters. The van der Waals surface area contributed by atoms with Crippen LogP contribution in [0.2, 0.25) is 0 Å². The number of carbonyl (C=O) groups is 1. The second kappa shape index (κ2) is 12.8. The largest absolute Gasteiger partial charge is 0.473 e. The van der Waals surface area contributed by atoms with Crippen LogP contribution >= 0.6 is 0 Å². The molecule has 11 nitrogen and oxygen atoms in total. The summed E-state index contributed by atoms with van der Waals surface area (Å²) in [6.45, 7) is 15.0. The molecule has 234 valence electrons. The number of nitrogens with two attached hydrogens (primary N) is 1. The van der Waals surface area contributed by atoms with Gasteiger partial charge in [0, 0.05) is 55.5 Å². The Balaban J connectivity index is 1.50. The van der Waals surface area contributed by atoms with Crippen LogP contribution in [0.1, 0.15) is 65.5 Å². The molecule has 5 rings (SSSR count). The number of hydrogen-bond acceptors (Lipinski definition) is 10. The minimum Gasteiger partial charge on any atom is -0.473 e. The van der Waals surface area contributed by atoms with Gasteiger partial charge in [-0.05, 0) is 85.0 Å². The number of carbonyl (C=O) groups excluding carboxylic acids is 1. The van der Waals surface area contributed by atoms with Gasteiger partial charge in [-0.1, -0.05) is 17.3 Å². The van der Waals surface area contributed by atoms with Crippen molar-refractivity contribution in [2.45, 2.75) is 77.4 Å². The molecule has 0 bridgehead atoms. The van der Waals surface area contributed by atoms with E-state index in [9.17, 15) is 10.1 Å². The highest BCUT2D eigenvalue weighted by molar-refractivity contribution is 5.87. The predicted molar refractivity (Wildman–Crippen MR) is 169 cm³/mol. The fourth-order valence-corrected chi connectivity index (χ4v) is 6.98. The van der Waals surface area contributed by atoms with E-state index in [0.29, 0.717) is 72.5 Å². The molecule has 2 aliphatic heterocycles. The molecule has 3 atom stereocenters. The Kier molecular flexibility index (Phi) is 9.11. The SMILES string of the molecule is C=CC(=O)N1CCN(c2cc(O[C@@H](C)[C@@H]3CCCN3C)nc(-c3cc(C4(C)CCCC(C)=C4/C(C#N)=C(\C)N)no3)n2)CC1. The van der Waals surface area contributed by atoms with Gasteiger partial charge < -0.3 is 24.8 Å². The Morgan fingerprint density at radius 1 is 1.25 bits per heavy atom. The van der Waals surface area contributed by atoms with Crippen LogP contribution in [0.25, 0.3) is 11.6 Å². The standard InChI is InChI=1S/C33H44N8O3/c1-7-30(42)41-16-14-40(15-17-41)28-19-29(43-23(4)25-11-9-13-39(25)6)37-32(36-28)26-18-27(38-44-26)33(5)12-8-10-21(2)31(33)24(20-34)22(3)35/h7,18-19,23,25H,1,8-17,35H2,2-6H3/b24-22+/t23-,25-,33?/m0/s1. The molecule has 2 aromatic heterocycles.